The van der Waals surface area contributed by atoms with Crippen LogP contribution >= 0.6 is 0 Å². The minimum atomic E-state index is -2.50. The van der Waals surface area contributed by atoms with E-state index in [9.17, 15) is 13.9 Å². The first-order valence-corrected chi connectivity index (χ1v) is 4.91. The molecule has 0 heterocycles. The van der Waals surface area contributed by atoms with Crippen molar-refractivity contribution in [3.8, 4) is 5.75 Å². The summed E-state index contributed by atoms with van der Waals surface area (Å²) in [5.41, 5.74) is 5.86. The number of phenols is 1. The molecular weight excluding hydrogens is 200 g/mol. The second-order valence-electron chi connectivity index (χ2n) is 4.06. The number of hydrogen-bond acceptors (Lipinski definition) is 2. The number of hydrogen-bond donors (Lipinski definition) is 2. The van der Waals surface area contributed by atoms with Crippen molar-refractivity contribution in [2.75, 3.05) is 6.54 Å². The number of halogens is 2. The molecule has 1 aliphatic rings. The normalized spacial score (nSPS) is 18.1. The molecule has 0 spiro atoms. The monoisotopic (exact) mass is 213 g/mol. The lowest BCUT2D eigenvalue weighted by Gasteiger charge is -2.15. The van der Waals surface area contributed by atoms with Crippen LogP contribution in [0.25, 0.3) is 0 Å². The molecule has 15 heavy (non-hydrogen) atoms. The molecule has 0 bridgehead atoms. The third-order valence-corrected chi connectivity index (χ3v) is 3.09. The summed E-state index contributed by atoms with van der Waals surface area (Å²) in [6.45, 7) is 0.396. The molecule has 0 aliphatic heterocycles. The molecule has 0 atom stereocenters. The zero-order valence-electron chi connectivity index (χ0n) is 8.21. The number of rotatable bonds is 3. The fourth-order valence-corrected chi connectivity index (χ4v) is 1.85. The van der Waals surface area contributed by atoms with Crippen LogP contribution < -0.4 is 5.73 Å². The first-order chi connectivity index (χ1) is 7.09. The SMILES string of the molecule is NCC1(c2cc(C(F)F)ccc2O)CC1. The van der Waals surface area contributed by atoms with Gasteiger partial charge in [0.15, 0.2) is 0 Å². The standard InChI is InChI=1S/C11H13F2NO/c12-10(13)7-1-2-9(15)8(5-7)11(6-14)3-4-11/h1-2,5,10,15H,3-4,6,14H2. The van der Waals surface area contributed by atoms with Crippen LogP contribution in [0.5, 0.6) is 5.75 Å². The molecule has 1 saturated carbocycles. The van der Waals surface area contributed by atoms with E-state index in [1.54, 1.807) is 0 Å². The van der Waals surface area contributed by atoms with E-state index in [0.29, 0.717) is 12.1 Å². The van der Waals surface area contributed by atoms with Crippen LogP contribution in [0.2, 0.25) is 0 Å². The van der Waals surface area contributed by atoms with Crippen LogP contribution in [0.3, 0.4) is 0 Å². The van der Waals surface area contributed by atoms with Crippen LogP contribution in [-0.4, -0.2) is 11.7 Å². The van der Waals surface area contributed by atoms with Crippen molar-refractivity contribution >= 4 is 0 Å². The van der Waals surface area contributed by atoms with Crippen LogP contribution in [0, 0.1) is 0 Å². The maximum atomic E-state index is 12.5. The molecule has 0 amide bonds. The average molecular weight is 213 g/mol. The highest BCUT2D eigenvalue weighted by Gasteiger charge is 2.44. The molecule has 0 radical (unpaired) electrons. The average Bonchev–Trinajstić information content (AvgIpc) is 2.99. The van der Waals surface area contributed by atoms with E-state index in [-0.39, 0.29) is 16.7 Å². The number of benzene rings is 1. The summed E-state index contributed by atoms with van der Waals surface area (Å²) in [5.74, 6) is 0.0716. The smallest absolute Gasteiger partial charge is 0.263 e. The van der Waals surface area contributed by atoms with E-state index in [1.807, 2.05) is 0 Å². The first-order valence-electron chi connectivity index (χ1n) is 4.91. The summed E-state index contributed by atoms with van der Waals surface area (Å²) in [6, 6.07) is 3.95. The van der Waals surface area contributed by atoms with E-state index in [2.05, 4.69) is 0 Å². The van der Waals surface area contributed by atoms with Gasteiger partial charge in [0.25, 0.3) is 6.43 Å². The van der Waals surface area contributed by atoms with Gasteiger partial charge in [-0.3, -0.25) is 0 Å². The molecule has 1 fully saturated rings. The highest BCUT2D eigenvalue weighted by molar-refractivity contribution is 5.45. The zero-order valence-corrected chi connectivity index (χ0v) is 8.21. The Morgan fingerprint density at radius 2 is 2.07 bits per heavy atom. The maximum absolute atomic E-state index is 12.5. The lowest BCUT2D eigenvalue weighted by atomic mass is 9.93. The van der Waals surface area contributed by atoms with Gasteiger partial charge in [-0.15, -0.1) is 0 Å². The lowest BCUT2D eigenvalue weighted by Crippen LogP contribution is -2.20. The Morgan fingerprint density at radius 3 is 2.53 bits per heavy atom. The van der Waals surface area contributed by atoms with Gasteiger partial charge in [0.05, 0.1) is 0 Å². The molecule has 2 rings (SSSR count). The van der Waals surface area contributed by atoms with Crippen LogP contribution in [0.1, 0.15) is 30.4 Å². The molecule has 0 unspecified atom stereocenters. The summed E-state index contributed by atoms with van der Waals surface area (Å²) < 4.78 is 25.0. The molecular formula is C11H13F2NO. The molecule has 2 nitrogen and oxygen atoms in total. The van der Waals surface area contributed by atoms with Crippen molar-refractivity contribution in [3.63, 3.8) is 0 Å². The van der Waals surface area contributed by atoms with Crippen molar-refractivity contribution in [2.24, 2.45) is 5.73 Å². The Hall–Kier alpha value is -1.16. The van der Waals surface area contributed by atoms with Crippen molar-refractivity contribution < 1.29 is 13.9 Å². The minimum Gasteiger partial charge on any atom is -0.508 e. The Kier molecular flexibility index (Phi) is 2.38. The molecule has 0 aromatic heterocycles. The van der Waals surface area contributed by atoms with Crippen molar-refractivity contribution in [1.82, 2.24) is 0 Å². The van der Waals surface area contributed by atoms with E-state index in [0.717, 1.165) is 12.8 Å². The van der Waals surface area contributed by atoms with Gasteiger partial charge < -0.3 is 10.8 Å². The number of phenolic OH excluding ortho intramolecular Hbond substituents is 1. The van der Waals surface area contributed by atoms with Gasteiger partial charge in [-0.1, -0.05) is 0 Å². The number of aromatic hydroxyl groups is 1. The topological polar surface area (TPSA) is 46.2 Å². The fourth-order valence-electron chi connectivity index (χ4n) is 1.85. The van der Waals surface area contributed by atoms with Gasteiger partial charge in [0, 0.05) is 23.1 Å². The third kappa shape index (κ3) is 1.69. The van der Waals surface area contributed by atoms with E-state index >= 15 is 0 Å². The predicted molar refractivity (Wildman–Crippen MR) is 53.0 cm³/mol. The van der Waals surface area contributed by atoms with Crippen LogP contribution in [0.4, 0.5) is 8.78 Å². The van der Waals surface area contributed by atoms with Crippen molar-refractivity contribution in [3.05, 3.63) is 29.3 Å². The summed E-state index contributed by atoms with van der Waals surface area (Å²) >= 11 is 0. The zero-order chi connectivity index (χ0) is 11.1. The van der Waals surface area contributed by atoms with Crippen molar-refractivity contribution in [1.29, 1.82) is 0 Å². The summed E-state index contributed by atoms with van der Waals surface area (Å²) in [7, 11) is 0. The van der Waals surface area contributed by atoms with Gasteiger partial charge in [-0.25, -0.2) is 8.78 Å². The van der Waals surface area contributed by atoms with Gasteiger partial charge in [-0.2, -0.15) is 0 Å². The molecule has 0 saturated heterocycles. The molecule has 3 N–H and O–H groups in total. The second kappa shape index (κ2) is 3.45. The third-order valence-electron chi connectivity index (χ3n) is 3.09. The quantitative estimate of drug-likeness (QED) is 0.809. The Bertz CT molecular complexity index is 375. The van der Waals surface area contributed by atoms with Crippen LogP contribution in [-0.2, 0) is 5.41 Å². The van der Waals surface area contributed by atoms with Gasteiger partial charge >= 0.3 is 0 Å². The Labute approximate surface area is 86.7 Å². The van der Waals surface area contributed by atoms with Gasteiger partial charge in [0.2, 0.25) is 0 Å². The molecule has 1 aromatic carbocycles. The highest BCUT2D eigenvalue weighted by Crippen LogP contribution is 2.50. The Balaban J connectivity index is 2.42. The predicted octanol–water partition coefficient (Wildman–Crippen LogP) is 2.32. The number of alkyl halides is 2. The van der Waals surface area contributed by atoms with E-state index in [1.165, 1.54) is 18.2 Å². The lowest BCUT2D eigenvalue weighted by molar-refractivity contribution is 0.151. The van der Waals surface area contributed by atoms with E-state index in [4.69, 9.17) is 5.73 Å². The highest BCUT2D eigenvalue weighted by atomic mass is 19.3. The maximum Gasteiger partial charge on any atom is 0.263 e. The van der Waals surface area contributed by atoms with Gasteiger partial charge in [0.1, 0.15) is 5.75 Å². The van der Waals surface area contributed by atoms with E-state index < -0.39 is 6.43 Å². The fraction of sp³-hybridized carbons (Fsp3) is 0.455. The van der Waals surface area contributed by atoms with Crippen LogP contribution in [0.15, 0.2) is 18.2 Å². The first kappa shape index (κ1) is 10.4. The Morgan fingerprint density at radius 1 is 1.40 bits per heavy atom. The summed E-state index contributed by atoms with van der Waals surface area (Å²) in [6.07, 6.45) is -0.772. The molecule has 1 aromatic rings. The molecule has 1 aliphatic carbocycles. The largest absolute Gasteiger partial charge is 0.508 e. The summed E-state index contributed by atoms with van der Waals surface area (Å²) in [5, 5.41) is 9.62. The molecule has 82 valence electrons. The summed E-state index contributed by atoms with van der Waals surface area (Å²) in [4.78, 5) is 0. The number of nitrogens with two attached hydrogens (primary N) is 1. The minimum absolute atomic E-state index is 0.0532. The van der Waals surface area contributed by atoms with Crippen molar-refractivity contribution in [2.45, 2.75) is 24.7 Å². The molecule has 4 heteroatoms. The van der Waals surface area contributed by atoms with Gasteiger partial charge in [-0.05, 0) is 31.0 Å². The second-order valence-corrected chi connectivity index (χ2v) is 4.06.